The Labute approximate surface area is 73.1 Å². The lowest BCUT2D eigenvalue weighted by Gasteiger charge is -2.07. The van der Waals surface area contributed by atoms with Crippen molar-refractivity contribution in [3.63, 3.8) is 0 Å². The third-order valence-corrected chi connectivity index (χ3v) is 2.34. The summed E-state index contributed by atoms with van der Waals surface area (Å²) in [7, 11) is 0. The quantitative estimate of drug-likeness (QED) is 0.614. The molecule has 0 radical (unpaired) electrons. The van der Waals surface area contributed by atoms with Crippen LogP contribution in [0.15, 0.2) is 24.4 Å². The van der Waals surface area contributed by atoms with Crippen molar-refractivity contribution in [2.75, 3.05) is 0 Å². The van der Waals surface area contributed by atoms with Crippen molar-refractivity contribution in [3.05, 3.63) is 35.7 Å². The van der Waals surface area contributed by atoms with E-state index < -0.39 is 0 Å². The fourth-order valence-electron chi connectivity index (χ4n) is 1.73. The second kappa shape index (κ2) is 2.74. The van der Waals surface area contributed by atoms with E-state index in [4.69, 9.17) is 0 Å². The van der Waals surface area contributed by atoms with Crippen LogP contribution in [0.5, 0.6) is 0 Å². The normalized spacial score (nSPS) is 14.8. The number of fused-ring (bicyclic) bond motifs is 1. The highest BCUT2D eigenvalue weighted by Crippen LogP contribution is 2.30. The summed E-state index contributed by atoms with van der Waals surface area (Å²) in [5, 5.41) is 0. The summed E-state index contributed by atoms with van der Waals surface area (Å²) in [6.07, 6.45) is 5.18. The van der Waals surface area contributed by atoms with Gasteiger partial charge in [-0.2, -0.15) is 0 Å². The molecule has 0 spiro atoms. The van der Waals surface area contributed by atoms with Crippen molar-refractivity contribution in [1.82, 2.24) is 4.98 Å². The number of rotatable bonds is 1. The fraction of sp³-hybridized carbons (Fsp3) is 0.364. The van der Waals surface area contributed by atoms with Crippen molar-refractivity contribution < 1.29 is 0 Å². The van der Waals surface area contributed by atoms with Crippen LogP contribution in [-0.4, -0.2) is 4.98 Å². The van der Waals surface area contributed by atoms with E-state index in [-0.39, 0.29) is 0 Å². The molecular formula is C11H13N. The number of hydrogen-bond acceptors (Lipinski definition) is 1. The van der Waals surface area contributed by atoms with Gasteiger partial charge in [-0.05, 0) is 23.1 Å². The number of allylic oxidation sites excluding steroid dienone is 2. The Kier molecular flexibility index (Phi) is 1.72. The van der Waals surface area contributed by atoms with Crippen LogP contribution < -0.4 is 0 Å². The zero-order valence-electron chi connectivity index (χ0n) is 7.54. The number of hydrogen-bond donors (Lipinski definition) is 0. The molecule has 0 fully saturated rings. The molecule has 1 heteroatoms. The minimum atomic E-state index is 0.621. The summed E-state index contributed by atoms with van der Waals surface area (Å²) in [6, 6.07) is 4.18. The maximum atomic E-state index is 4.34. The van der Waals surface area contributed by atoms with E-state index in [0.717, 1.165) is 6.42 Å². The zero-order valence-corrected chi connectivity index (χ0v) is 7.54. The average Bonchev–Trinajstić information content (AvgIpc) is 2.47. The Morgan fingerprint density at radius 1 is 1.42 bits per heavy atom. The van der Waals surface area contributed by atoms with Gasteiger partial charge < -0.3 is 0 Å². The van der Waals surface area contributed by atoms with E-state index in [0.29, 0.717) is 5.92 Å². The van der Waals surface area contributed by atoms with Crippen LogP contribution in [0, 0.1) is 5.92 Å². The Hall–Kier alpha value is -1.11. The standard InChI is InChI=1S/C11H13N/c1-8(2)9-5-6-11-10(9)4-3-7-12-11/h3-5,7-8H,6H2,1-2H3. The third kappa shape index (κ3) is 1.06. The molecule has 1 aliphatic carbocycles. The monoisotopic (exact) mass is 159 g/mol. The zero-order chi connectivity index (χ0) is 8.55. The number of nitrogens with zero attached hydrogens (tertiary/aromatic N) is 1. The predicted octanol–water partition coefficient (Wildman–Crippen LogP) is 2.68. The second-order valence-corrected chi connectivity index (χ2v) is 3.52. The first kappa shape index (κ1) is 7.53. The maximum absolute atomic E-state index is 4.34. The molecule has 2 rings (SSSR count). The summed E-state index contributed by atoms with van der Waals surface area (Å²) in [6.45, 7) is 4.46. The summed E-state index contributed by atoms with van der Waals surface area (Å²) in [5.41, 5.74) is 4.05. The van der Waals surface area contributed by atoms with Gasteiger partial charge in [-0.1, -0.05) is 26.0 Å². The molecule has 1 aromatic heterocycles. The van der Waals surface area contributed by atoms with Gasteiger partial charge in [0, 0.05) is 12.6 Å². The summed E-state index contributed by atoms with van der Waals surface area (Å²) < 4.78 is 0. The molecule has 1 aromatic rings. The van der Waals surface area contributed by atoms with Gasteiger partial charge in [0.15, 0.2) is 0 Å². The Morgan fingerprint density at radius 2 is 2.25 bits per heavy atom. The highest BCUT2D eigenvalue weighted by molar-refractivity contribution is 5.72. The lowest BCUT2D eigenvalue weighted by atomic mass is 9.99. The van der Waals surface area contributed by atoms with Crippen molar-refractivity contribution in [1.29, 1.82) is 0 Å². The van der Waals surface area contributed by atoms with E-state index in [1.165, 1.54) is 16.8 Å². The van der Waals surface area contributed by atoms with Crippen LogP contribution in [0.1, 0.15) is 25.1 Å². The van der Waals surface area contributed by atoms with Crippen molar-refractivity contribution in [2.45, 2.75) is 20.3 Å². The SMILES string of the molecule is CC(C)C1=CCc2ncccc21. The topological polar surface area (TPSA) is 12.9 Å². The molecule has 0 bridgehead atoms. The average molecular weight is 159 g/mol. The van der Waals surface area contributed by atoms with E-state index in [2.05, 4.69) is 31.0 Å². The van der Waals surface area contributed by atoms with E-state index in [1.807, 2.05) is 12.3 Å². The summed E-state index contributed by atoms with van der Waals surface area (Å²) >= 11 is 0. The molecular weight excluding hydrogens is 146 g/mol. The lowest BCUT2D eigenvalue weighted by molar-refractivity contribution is 0.857. The van der Waals surface area contributed by atoms with Crippen molar-refractivity contribution in [3.8, 4) is 0 Å². The summed E-state index contributed by atoms with van der Waals surface area (Å²) in [4.78, 5) is 4.34. The molecule has 0 atom stereocenters. The van der Waals surface area contributed by atoms with Gasteiger partial charge in [-0.15, -0.1) is 0 Å². The molecule has 0 aromatic carbocycles. The Morgan fingerprint density at radius 3 is 3.00 bits per heavy atom. The van der Waals surface area contributed by atoms with Gasteiger partial charge in [0.05, 0.1) is 5.69 Å². The smallest absolute Gasteiger partial charge is 0.0516 e. The van der Waals surface area contributed by atoms with Gasteiger partial charge in [0.2, 0.25) is 0 Å². The molecule has 0 amide bonds. The van der Waals surface area contributed by atoms with Crippen molar-refractivity contribution >= 4 is 5.57 Å². The molecule has 12 heavy (non-hydrogen) atoms. The van der Waals surface area contributed by atoms with Crippen molar-refractivity contribution in [2.24, 2.45) is 5.92 Å². The van der Waals surface area contributed by atoms with E-state index in [1.54, 1.807) is 0 Å². The number of pyridine rings is 1. The fourth-order valence-corrected chi connectivity index (χ4v) is 1.73. The van der Waals surface area contributed by atoms with Crippen LogP contribution in [-0.2, 0) is 6.42 Å². The lowest BCUT2D eigenvalue weighted by Crippen LogP contribution is -1.92. The van der Waals surface area contributed by atoms with Crippen LogP contribution in [0.3, 0.4) is 0 Å². The largest absolute Gasteiger partial charge is 0.260 e. The minimum Gasteiger partial charge on any atom is -0.260 e. The molecule has 1 nitrogen and oxygen atoms in total. The van der Waals surface area contributed by atoms with Crippen LogP contribution in [0.25, 0.3) is 5.57 Å². The van der Waals surface area contributed by atoms with Gasteiger partial charge in [-0.3, -0.25) is 4.98 Å². The molecule has 0 aliphatic heterocycles. The minimum absolute atomic E-state index is 0.621. The third-order valence-electron chi connectivity index (χ3n) is 2.34. The molecule has 0 N–H and O–H groups in total. The van der Waals surface area contributed by atoms with E-state index >= 15 is 0 Å². The molecule has 1 heterocycles. The summed E-state index contributed by atoms with van der Waals surface area (Å²) in [5.74, 6) is 0.621. The second-order valence-electron chi connectivity index (χ2n) is 3.52. The first-order valence-electron chi connectivity index (χ1n) is 4.43. The first-order chi connectivity index (χ1) is 5.79. The first-order valence-corrected chi connectivity index (χ1v) is 4.43. The highest BCUT2D eigenvalue weighted by atomic mass is 14.7. The van der Waals surface area contributed by atoms with Gasteiger partial charge >= 0.3 is 0 Å². The maximum Gasteiger partial charge on any atom is 0.0516 e. The molecule has 0 saturated carbocycles. The van der Waals surface area contributed by atoms with Gasteiger partial charge in [0.1, 0.15) is 0 Å². The molecule has 1 aliphatic rings. The van der Waals surface area contributed by atoms with Crippen LogP contribution in [0.4, 0.5) is 0 Å². The Bertz CT molecular complexity index is 324. The highest BCUT2D eigenvalue weighted by Gasteiger charge is 2.16. The van der Waals surface area contributed by atoms with Crippen LogP contribution >= 0.6 is 0 Å². The van der Waals surface area contributed by atoms with E-state index in [9.17, 15) is 0 Å². The van der Waals surface area contributed by atoms with Gasteiger partial charge in [-0.25, -0.2) is 0 Å². The number of aromatic nitrogens is 1. The predicted molar refractivity (Wildman–Crippen MR) is 50.8 cm³/mol. The molecule has 0 unspecified atom stereocenters. The molecule has 0 saturated heterocycles. The van der Waals surface area contributed by atoms with Gasteiger partial charge in [0.25, 0.3) is 0 Å². The van der Waals surface area contributed by atoms with Crippen LogP contribution in [0.2, 0.25) is 0 Å². The molecule has 62 valence electrons. The Balaban J connectivity index is 2.45.